The van der Waals surface area contributed by atoms with Gasteiger partial charge in [0.15, 0.2) is 6.10 Å². The molecular weight excluding hydrogens is 296 g/mol. The predicted octanol–water partition coefficient (Wildman–Crippen LogP) is -0.362. The van der Waals surface area contributed by atoms with Gasteiger partial charge < -0.3 is 29.9 Å². The molecule has 1 rings (SSSR count). The van der Waals surface area contributed by atoms with Crippen LogP contribution in [-0.4, -0.2) is 63.1 Å². The van der Waals surface area contributed by atoms with Crippen LogP contribution in [0.1, 0.15) is 39.5 Å². The molecule has 1 saturated heterocycles. The third-order valence-corrected chi connectivity index (χ3v) is 3.65. The molecule has 8 heteroatoms. The zero-order valence-corrected chi connectivity index (χ0v) is 12.7. The minimum Gasteiger partial charge on any atom is -0.479 e. The average molecular weight is 320 g/mol. The van der Waals surface area contributed by atoms with Gasteiger partial charge in [-0.3, -0.25) is 4.79 Å². The molecule has 0 spiro atoms. The van der Waals surface area contributed by atoms with Gasteiger partial charge in [0, 0.05) is 0 Å². The molecule has 1 fully saturated rings. The first-order valence-electron chi connectivity index (χ1n) is 7.46. The standard InChI is InChI=1S/C14H24O8/c1-3-5-7(6-4-2)13(20)22-14-10(17)8(15)9(16)11(21-14)12(18)19/h7-11,14-17H,3-6H2,1-2H3,(H,18,19)/t8-,9-,10+,11-,14?/m0/s1. The smallest absolute Gasteiger partial charge is 0.335 e. The van der Waals surface area contributed by atoms with E-state index >= 15 is 0 Å². The summed E-state index contributed by atoms with van der Waals surface area (Å²) < 4.78 is 9.94. The minimum atomic E-state index is -1.80. The summed E-state index contributed by atoms with van der Waals surface area (Å²) in [5.74, 6) is -2.50. The molecule has 0 saturated carbocycles. The molecule has 1 aliphatic heterocycles. The van der Waals surface area contributed by atoms with Gasteiger partial charge in [-0.15, -0.1) is 0 Å². The zero-order valence-electron chi connectivity index (χ0n) is 12.7. The first-order valence-corrected chi connectivity index (χ1v) is 7.46. The van der Waals surface area contributed by atoms with Crippen molar-refractivity contribution in [3.63, 3.8) is 0 Å². The Kier molecular flexibility index (Phi) is 7.21. The number of hydrogen-bond donors (Lipinski definition) is 4. The van der Waals surface area contributed by atoms with Gasteiger partial charge in [0.25, 0.3) is 0 Å². The number of carbonyl (C=O) groups is 2. The fraction of sp³-hybridized carbons (Fsp3) is 0.857. The Morgan fingerprint density at radius 3 is 2.05 bits per heavy atom. The number of ether oxygens (including phenoxy) is 2. The normalized spacial score (nSPS) is 32.0. The number of carbonyl (C=O) groups excluding carboxylic acids is 1. The second-order valence-electron chi connectivity index (χ2n) is 5.45. The van der Waals surface area contributed by atoms with Crippen molar-refractivity contribution in [2.24, 2.45) is 5.92 Å². The monoisotopic (exact) mass is 320 g/mol. The SMILES string of the molecule is CCCC(CCC)C(=O)OC1O[C@H](C(=O)O)[C@@H](O)[C@H](O)[C@H]1O. The van der Waals surface area contributed by atoms with Gasteiger partial charge in [-0.1, -0.05) is 26.7 Å². The van der Waals surface area contributed by atoms with Gasteiger partial charge in [-0.05, 0) is 12.8 Å². The van der Waals surface area contributed by atoms with Gasteiger partial charge in [0.05, 0.1) is 5.92 Å². The van der Waals surface area contributed by atoms with Crippen LogP contribution >= 0.6 is 0 Å². The molecule has 22 heavy (non-hydrogen) atoms. The van der Waals surface area contributed by atoms with E-state index in [4.69, 9.17) is 14.6 Å². The summed E-state index contributed by atoms with van der Waals surface area (Å²) in [4.78, 5) is 23.1. The lowest BCUT2D eigenvalue weighted by Crippen LogP contribution is -2.60. The van der Waals surface area contributed by atoms with Crippen LogP contribution in [0, 0.1) is 5.92 Å². The molecule has 1 unspecified atom stereocenters. The average Bonchev–Trinajstić information content (AvgIpc) is 2.47. The van der Waals surface area contributed by atoms with E-state index in [0.717, 1.165) is 12.8 Å². The summed E-state index contributed by atoms with van der Waals surface area (Å²) in [7, 11) is 0. The molecule has 8 nitrogen and oxygen atoms in total. The number of carboxylic acid groups (broad SMARTS) is 1. The molecule has 128 valence electrons. The van der Waals surface area contributed by atoms with E-state index in [-0.39, 0.29) is 5.92 Å². The Morgan fingerprint density at radius 1 is 1.05 bits per heavy atom. The molecule has 0 aromatic rings. The van der Waals surface area contributed by atoms with Crippen LogP contribution in [-0.2, 0) is 19.1 Å². The van der Waals surface area contributed by atoms with Gasteiger partial charge >= 0.3 is 11.9 Å². The molecule has 0 aliphatic carbocycles. The number of aliphatic hydroxyl groups excluding tert-OH is 3. The van der Waals surface area contributed by atoms with Crippen LogP contribution in [0.3, 0.4) is 0 Å². The largest absolute Gasteiger partial charge is 0.479 e. The van der Waals surface area contributed by atoms with E-state index in [2.05, 4.69) is 0 Å². The van der Waals surface area contributed by atoms with Crippen LogP contribution < -0.4 is 0 Å². The number of esters is 1. The Hall–Kier alpha value is -1.22. The van der Waals surface area contributed by atoms with Gasteiger partial charge in [-0.2, -0.15) is 0 Å². The molecule has 1 heterocycles. The molecule has 0 aromatic carbocycles. The van der Waals surface area contributed by atoms with Crippen molar-refractivity contribution in [3.8, 4) is 0 Å². The summed E-state index contributed by atoms with van der Waals surface area (Å²) in [6, 6.07) is 0. The Labute approximate surface area is 128 Å². The lowest BCUT2D eigenvalue weighted by molar-refractivity contribution is -0.287. The molecule has 5 atom stereocenters. The van der Waals surface area contributed by atoms with Crippen LogP contribution in [0.25, 0.3) is 0 Å². The molecular formula is C14H24O8. The second kappa shape index (κ2) is 8.42. The lowest BCUT2D eigenvalue weighted by Gasteiger charge is -2.38. The van der Waals surface area contributed by atoms with Crippen molar-refractivity contribution in [3.05, 3.63) is 0 Å². The maximum Gasteiger partial charge on any atom is 0.335 e. The van der Waals surface area contributed by atoms with E-state index in [1.54, 1.807) is 0 Å². The summed E-state index contributed by atoms with van der Waals surface area (Å²) in [6.45, 7) is 3.84. The maximum atomic E-state index is 12.1. The quantitative estimate of drug-likeness (QED) is 0.467. The summed E-state index contributed by atoms with van der Waals surface area (Å²) >= 11 is 0. The van der Waals surface area contributed by atoms with E-state index in [1.165, 1.54) is 0 Å². The van der Waals surface area contributed by atoms with Crippen molar-refractivity contribution < 1.29 is 39.5 Å². The zero-order chi connectivity index (χ0) is 16.9. The van der Waals surface area contributed by atoms with Crippen molar-refractivity contribution in [1.29, 1.82) is 0 Å². The lowest BCUT2D eigenvalue weighted by atomic mass is 9.97. The molecule has 0 amide bonds. The number of aliphatic carboxylic acids is 1. The maximum absolute atomic E-state index is 12.1. The van der Waals surface area contributed by atoms with Crippen LogP contribution in [0.4, 0.5) is 0 Å². The fourth-order valence-corrected chi connectivity index (χ4v) is 2.44. The van der Waals surface area contributed by atoms with E-state index in [1.807, 2.05) is 13.8 Å². The Morgan fingerprint density at radius 2 is 1.59 bits per heavy atom. The Balaban J connectivity index is 2.77. The second-order valence-corrected chi connectivity index (χ2v) is 5.45. The van der Waals surface area contributed by atoms with Crippen LogP contribution in [0.15, 0.2) is 0 Å². The highest BCUT2D eigenvalue weighted by molar-refractivity contribution is 5.74. The van der Waals surface area contributed by atoms with E-state index in [9.17, 15) is 24.9 Å². The van der Waals surface area contributed by atoms with E-state index in [0.29, 0.717) is 12.8 Å². The summed E-state index contributed by atoms with van der Waals surface area (Å²) in [6.07, 6.45) is -5.94. The number of rotatable bonds is 7. The van der Waals surface area contributed by atoms with Gasteiger partial charge in [0.2, 0.25) is 6.29 Å². The third-order valence-electron chi connectivity index (χ3n) is 3.65. The highest BCUT2D eigenvalue weighted by Crippen LogP contribution is 2.24. The Bertz CT molecular complexity index is 379. The number of hydrogen-bond acceptors (Lipinski definition) is 7. The van der Waals surface area contributed by atoms with E-state index < -0.39 is 42.6 Å². The fourth-order valence-electron chi connectivity index (χ4n) is 2.44. The van der Waals surface area contributed by atoms with Gasteiger partial charge in [-0.25, -0.2) is 4.79 Å². The van der Waals surface area contributed by atoms with Crippen molar-refractivity contribution in [2.45, 2.75) is 70.2 Å². The van der Waals surface area contributed by atoms with Gasteiger partial charge in [0.1, 0.15) is 18.3 Å². The van der Waals surface area contributed by atoms with Crippen LogP contribution in [0.2, 0.25) is 0 Å². The molecule has 0 radical (unpaired) electrons. The highest BCUT2D eigenvalue weighted by atomic mass is 16.7. The van der Waals surface area contributed by atoms with Crippen molar-refractivity contribution in [1.82, 2.24) is 0 Å². The van der Waals surface area contributed by atoms with Crippen molar-refractivity contribution in [2.75, 3.05) is 0 Å². The van der Waals surface area contributed by atoms with Crippen molar-refractivity contribution >= 4 is 11.9 Å². The predicted molar refractivity (Wildman–Crippen MR) is 73.7 cm³/mol. The molecule has 0 bridgehead atoms. The summed E-state index contributed by atoms with van der Waals surface area (Å²) in [5.41, 5.74) is 0. The van der Waals surface area contributed by atoms with Crippen LogP contribution in [0.5, 0.6) is 0 Å². The number of aliphatic hydroxyl groups is 3. The first-order chi connectivity index (χ1) is 10.3. The molecule has 4 N–H and O–H groups in total. The highest BCUT2D eigenvalue weighted by Gasteiger charge is 2.48. The molecule has 0 aromatic heterocycles. The topological polar surface area (TPSA) is 134 Å². The third kappa shape index (κ3) is 4.39. The number of carboxylic acids is 1. The first kappa shape index (κ1) is 18.8. The summed E-state index contributed by atoms with van der Waals surface area (Å²) in [5, 5.41) is 37.9. The molecule has 1 aliphatic rings. The minimum absolute atomic E-state index is 0.377.